The summed E-state index contributed by atoms with van der Waals surface area (Å²) in [6.45, 7) is 1.08. The minimum atomic E-state index is -0.796. The maximum atomic E-state index is 13.0. The van der Waals surface area contributed by atoms with Gasteiger partial charge in [-0.15, -0.1) is 11.3 Å². The van der Waals surface area contributed by atoms with Gasteiger partial charge < -0.3 is 14.7 Å². The molecule has 1 fully saturated rings. The molecule has 0 spiro atoms. The number of hydrogen-bond donors (Lipinski definition) is 2. The third kappa shape index (κ3) is 4.75. The van der Waals surface area contributed by atoms with Crippen LogP contribution in [0.1, 0.15) is 28.9 Å². The van der Waals surface area contributed by atoms with Gasteiger partial charge in [-0.05, 0) is 67.3 Å². The van der Waals surface area contributed by atoms with Crippen molar-refractivity contribution in [3.8, 4) is 0 Å². The van der Waals surface area contributed by atoms with E-state index in [0.717, 1.165) is 26.5 Å². The highest BCUT2D eigenvalue weighted by atomic mass is 32.2. The van der Waals surface area contributed by atoms with Crippen LogP contribution in [-0.4, -0.2) is 49.4 Å². The highest BCUT2D eigenvalue weighted by Gasteiger charge is 2.35. The van der Waals surface area contributed by atoms with Crippen LogP contribution in [-0.2, 0) is 13.5 Å². The minimum Gasteiger partial charge on any atom is -0.389 e. The van der Waals surface area contributed by atoms with Crippen LogP contribution in [0.5, 0.6) is 0 Å². The summed E-state index contributed by atoms with van der Waals surface area (Å²) in [4.78, 5) is 20.3. The number of benzene rings is 2. The van der Waals surface area contributed by atoms with Crippen molar-refractivity contribution in [1.29, 1.82) is 0 Å². The number of piperidine rings is 1. The van der Waals surface area contributed by atoms with Crippen molar-refractivity contribution in [2.24, 2.45) is 7.05 Å². The van der Waals surface area contributed by atoms with Gasteiger partial charge in [0.05, 0.1) is 26.2 Å². The molecule has 33 heavy (non-hydrogen) atoms. The van der Waals surface area contributed by atoms with E-state index >= 15 is 0 Å². The van der Waals surface area contributed by atoms with Gasteiger partial charge in [0, 0.05) is 49.7 Å². The number of rotatable bonds is 6. The highest BCUT2D eigenvalue weighted by Crippen LogP contribution is 2.30. The molecule has 4 aromatic rings. The summed E-state index contributed by atoms with van der Waals surface area (Å²) in [5.41, 5.74) is 4.65. The molecule has 0 saturated carbocycles. The SMILES string of the molecule is Cn1nccc1CC1(O)CCN(C(=O)c2ccc(NSc3cccc4scnc34)cc2)CC1. The number of nitrogens with zero attached hydrogens (tertiary/aromatic N) is 4. The summed E-state index contributed by atoms with van der Waals surface area (Å²) in [6.07, 6.45) is 3.41. The van der Waals surface area contributed by atoms with Gasteiger partial charge in [-0.25, -0.2) is 4.98 Å². The van der Waals surface area contributed by atoms with E-state index in [1.807, 2.05) is 59.9 Å². The number of anilines is 1. The molecule has 2 aromatic carbocycles. The van der Waals surface area contributed by atoms with E-state index in [9.17, 15) is 9.90 Å². The molecule has 1 amide bonds. The third-order valence-electron chi connectivity index (χ3n) is 6.15. The first-order valence-corrected chi connectivity index (χ1v) is 12.5. The first-order valence-electron chi connectivity index (χ1n) is 10.8. The van der Waals surface area contributed by atoms with Gasteiger partial charge in [-0.1, -0.05) is 6.07 Å². The van der Waals surface area contributed by atoms with Crippen molar-refractivity contribution < 1.29 is 9.90 Å². The minimum absolute atomic E-state index is 0.00373. The Hall–Kier alpha value is -2.88. The van der Waals surface area contributed by atoms with Crippen LogP contribution in [0.15, 0.2) is 65.1 Å². The van der Waals surface area contributed by atoms with Crippen LogP contribution in [0, 0.1) is 0 Å². The number of carbonyl (C=O) groups excluding carboxylic acids is 1. The smallest absolute Gasteiger partial charge is 0.253 e. The van der Waals surface area contributed by atoms with E-state index in [0.29, 0.717) is 37.9 Å². The number of aromatic nitrogens is 3. The normalized spacial score (nSPS) is 15.6. The summed E-state index contributed by atoms with van der Waals surface area (Å²) < 4.78 is 6.30. The summed E-state index contributed by atoms with van der Waals surface area (Å²) in [5, 5.41) is 15.2. The summed E-state index contributed by atoms with van der Waals surface area (Å²) in [6, 6.07) is 15.6. The lowest BCUT2D eigenvalue weighted by Crippen LogP contribution is -2.48. The predicted molar refractivity (Wildman–Crippen MR) is 133 cm³/mol. The van der Waals surface area contributed by atoms with Crippen molar-refractivity contribution in [1.82, 2.24) is 19.7 Å². The Kier molecular flexibility index (Phi) is 6.09. The lowest BCUT2D eigenvalue weighted by atomic mass is 9.86. The molecule has 5 rings (SSSR count). The second-order valence-electron chi connectivity index (χ2n) is 8.38. The highest BCUT2D eigenvalue weighted by molar-refractivity contribution is 8.00. The van der Waals surface area contributed by atoms with E-state index in [1.165, 1.54) is 11.9 Å². The molecule has 1 aliphatic rings. The van der Waals surface area contributed by atoms with Crippen LogP contribution < -0.4 is 4.72 Å². The number of amides is 1. The molecule has 0 radical (unpaired) electrons. The molecule has 0 atom stereocenters. The summed E-state index contributed by atoms with van der Waals surface area (Å²) >= 11 is 3.15. The van der Waals surface area contributed by atoms with Crippen LogP contribution in [0.3, 0.4) is 0 Å². The number of thiazole rings is 1. The van der Waals surface area contributed by atoms with E-state index < -0.39 is 5.60 Å². The van der Waals surface area contributed by atoms with Gasteiger partial charge in [0.2, 0.25) is 0 Å². The molecule has 1 aliphatic heterocycles. The van der Waals surface area contributed by atoms with Gasteiger partial charge in [0.15, 0.2) is 0 Å². The number of aryl methyl sites for hydroxylation is 1. The molecule has 9 heteroatoms. The van der Waals surface area contributed by atoms with Gasteiger partial charge >= 0.3 is 0 Å². The Bertz CT molecular complexity index is 1260. The maximum absolute atomic E-state index is 13.0. The van der Waals surface area contributed by atoms with Gasteiger partial charge in [0.25, 0.3) is 5.91 Å². The largest absolute Gasteiger partial charge is 0.389 e. The topological polar surface area (TPSA) is 83.3 Å². The third-order valence-corrected chi connectivity index (χ3v) is 7.83. The van der Waals surface area contributed by atoms with Crippen LogP contribution >= 0.6 is 23.3 Å². The van der Waals surface area contributed by atoms with Crippen molar-refractivity contribution in [3.05, 3.63) is 71.5 Å². The monoisotopic (exact) mass is 479 g/mol. The fourth-order valence-corrected chi connectivity index (χ4v) is 5.67. The average Bonchev–Trinajstić information content (AvgIpc) is 3.47. The fourth-order valence-electron chi connectivity index (χ4n) is 4.13. The standard InChI is InChI=1S/C24H25N5O2S2/c1-28-19(9-12-26-28)15-24(31)10-13-29(14-11-24)23(30)17-5-7-18(8-6-17)27-33-21-4-2-3-20-22(21)25-16-32-20/h2-9,12,16,27,31H,10-11,13-15H2,1H3. The number of hydrogen-bond acceptors (Lipinski definition) is 7. The number of para-hydroxylation sites is 1. The Morgan fingerprint density at radius 2 is 1.97 bits per heavy atom. The second-order valence-corrected chi connectivity index (χ2v) is 10.1. The molecular formula is C24H25N5O2S2. The number of aliphatic hydroxyl groups is 1. The Balaban J connectivity index is 1.17. The number of likely N-dealkylation sites (tertiary alicyclic amines) is 1. The number of carbonyl (C=O) groups is 1. The van der Waals surface area contributed by atoms with Crippen molar-refractivity contribution in [2.75, 3.05) is 17.8 Å². The predicted octanol–water partition coefficient (Wildman–Crippen LogP) is 4.36. The van der Waals surface area contributed by atoms with Gasteiger partial charge in [0.1, 0.15) is 0 Å². The molecular weight excluding hydrogens is 454 g/mol. The van der Waals surface area contributed by atoms with Gasteiger partial charge in [-0.3, -0.25) is 9.48 Å². The fraction of sp³-hybridized carbons (Fsp3) is 0.292. The summed E-state index contributed by atoms with van der Waals surface area (Å²) in [5.74, 6) is 0.00373. The molecule has 170 valence electrons. The first-order chi connectivity index (χ1) is 16.0. The average molecular weight is 480 g/mol. The van der Waals surface area contributed by atoms with E-state index in [-0.39, 0.29) is 5.91 Å². The molecule has 0 bridgehead atoms. The molecule has 7 nitrogen and oxygen atoms in total. The molecule has 2 N–H and O–H groups in total. The zero-order chi connectivity index (χ0) is 22.8. The maximum Gasteiger partial charge on any atom is 0.253 e. The summed E-state index contributed by atoms with van der Waals surface area (Å²) in [7, 11) is 1.88. The first kappa shape index (κ1) is 21.9. The van der Waals surface area contributed by atoms with Crippen molar-refractivity contribution in [2.45, 2.75) is 29.8 Å². The lowest BCUT2D eigenvalue weighted by Gasteiger charge is -2.38. The molecule has 0 unspecified atom stereocenters. The van der Waals surface area contributed by atoms with Crippen LogP contribution in [0.25, 0.3) is 10.2 Å². The number of nitrogens with one attached hydrogen (secondary N) is 1. The molecule has 3 heterocycles. The van der Waals surface area contributed by atoms with E-state index in [4.69, 9.17) is 0 Å². The molecule has 2 aromatic heterocycles. The quantitative estimate of drug-likeness (QED) is 0.400. The van der Waals surface area contributed by atoms with Crippen LogP contribution in [0.2, 0.25) is 0 Å². The Morgan fingerprint density at radius 1 is 1.18 bits per heavy atom. The van der Waals surface area contributed by atoms with E-state index in [1.54, 1.807) is 22.2 Å². The number of fused-ring (bicyclic) bond motifs is 1. The molecule has 1 saturated heterocycles. The second kappa shape index (κ2) is 9.17. The van der Waals surface area contributed by atoms with Crippen molar-refractivity contribution >= 4 is 45.1 Å². The van der Waals surface area contributed by atoms with Gasteiger partial charge in [-0.2, -0.15) is 5.10 Å². The zero-order valence-electron chi connectivity index (χ0n) is 18.3. The Labute approximate surface area is 200 Å². The molecule has 0 aliphatic carbocycles. The van der Waals surface area contributed by atoms with E-state index in [2.05, 4.69) is 20.9 Å². The van der Waals surface area contributed by atoms with Crippen molar-refractivity contribution in [3.63, 3.8) is 0 Å². The Morgan fingerprint density at radius 3 is 2.70 bits per heavy atom. The van der Waals surface area contributed by atoms with Crippen LogP contribution in [0.4, 0.5) is 5.69 Å². The lowest BCUT2D eigenvalue weighted by molar-refractivity contribution is -0.0174. The zero-order valence-corrected chi connectivity index (χ0v) is 19.9.